The van der Waals surface area contributed by atoms with Crippen LogP contribution in [0.1, 0.15) is 37.5 Å². The van der Waals surface area contributed by atoms with E-state index in [0.717, 1.165) is 18.6 Å². The second kappa shape index (κ2) is 6.61. The van der Waals surface area contributed by atoms with Crippen molar-refractivity contribution in [3.63, 3.8) is 0 Å². The van der Waals surface area contributed by atoms with Crippen LogP contribution in [0.4, 0.5) is 17.6 Å². The van der Waals surface area contributed by atoms with Crippen LogP contribution in [0.25, 0.3) is 0 Å². The normalized spacial score (nSPS) is 15.3. The zero-order valence-electron chi connectivity index (χ0n) is 10.7. The Hall–Kier alpha value is -0.750. The molecule has 0 saturated carbocycles. The van der Waals surface area contributed by atoms with E-state index in [0.29, 0.717) is 17.1 Å². The molecule has 1 aromatic carbocycles. The summed E-state index contributed by atoms with van der Waals surface area (Å²) in [6, 6.07) is 2.54. The van der Waals surface area contributed by atoms with Crippen molar-refractivity contribution in [2.24, 2.45) is 0 Å². The number of aliphatic hydroxyl groups excluding tert-OH is 1. The van der Waals surface area contributed by atoms with Crippen LogP contribution in [0.15, 0.2) is 18.2 Å². The van der Waals surface area contributed by atoms with Crippen LogP contribution >= 0.6 is 11.8 Å². The quantitative estimate of drug-likeness (QED) is 0.812. The van der Waals surface area contributed by atoms with Gasteiger partial charge in [0.25, 0.3) is 0 Å². The van der Waals surface area contributed by atoms with E-state index in [1.54, 1.807) is 0 Å². The van der Waals surface area contributed by atoms with Crippen LogP contribution in [0.2, 0.25) is 0 Å². The molecule has 0 aliphatic heterocycles. The first kappa shape index (κ1) is 16.3. The third kappa shape index (κ3) is 4.69. The Morgan fingerprint density at radius 2 is 1.95 bits per heavy atom. The van der Waals surface area contributed by atoms with Gasteiger partial charge in [0.15, 0.2) is 0 Å². The highest BCUT2D eigenvalue weighted by atomic mass is 32.2. The summed E-state index contributed by atoms with van der Waals surface area (Å²) in [4.78, 5) is 0. The fourth-order valence-electron chi connectivity index (χ4n) is 1.44. The van der Waals surface area contributed by atoms with Crippen LogP contribution in [-0.2, 0) is 6.18 Å². The van der Waals surface area contributed by atoms with E-state index >= 15 is 0 Å². The first-order valence-electron chi connectivity index (χ1n) is 5.92. The van der Waals surface area contributed by atoms with E-state index in [9.17, 15) is 22.7 Å². The smallest absolute Gasteiger partial charge is 0.388 e. The van der Waals surface area contributed by atoms with Crippen molar-refractivity contribution in [2.45, 2.75) is 37.8 Å². The van der Waals surface area contributed by atoms with Gasteiger partial charge in [-0.25, -0.2) is 4.39 Å². The van der Waals surface area contributed by atoms with Crippen molar-refractivity contribution in [2.75, 3.05) is 5.75 Å². The SMILES string of the molecule is CCC(C)SCC(O)c1ccc(C(F)(F)F)c(F)c1. The van der Waals surface area contributed by atoms with Gasteiger partial charge in [0.05, 0.1) is 11.7 Å². The minimum absolute atomic E-state index is 0.168. The molecule has 6 heteroatoms. The second-order valence-corrected chi connectivity index (χ2v) is 5.78. The number of aliphatic hydroxyl groups is 1. The van der Waals surface area contributed by atoms with Crippen molar-refractivity contribution < 1.29 is 22.7 Å². The summed E-state index contributed by atoms with van der Waals surface area (Å²) in [7, 11) is 0. The highest BCUT2D eigenvalue weighted by Gasteiger charge is 2.34. The van der Waals surface area contributed by atoms with E-state index in [4.69, 9.17) is 0 Å². The molecule has 1 rings (SSSR count). The summed E-state index contributed by atoms with van der Waals surface area (Å²) >= 11 is 1.50. The van der Waals surface area contributed by atoms with Gasteiger partial charge >= 0.3 is 6.18 Å². The van der Waals surface area contributed by atoms with Gasteiger partial charge < -0.3 is 5.11 Å². The molecule has 0 amide bonds. The molecule has 0 aliphatic rings. The van der Waals surface area contributed by atoms with E-state index in [2.05, 4.69) is 0 Å². The van der Waals surface area contributed by atoms with Crippen LogP contribution < -0.4 is 0 Å². The minimum Gasteiger partial charge on any atom is -0.388 e. The molecule has 0 saturated heterocycles. The zero-order valence-corrected chi connectivity index (χ0v) is 11.5. The van der Waals surface area contributed by atoms with Crippen LogP contribution in [0.3, 0.4) is 0 Å². The highest BCUT2D eigenvalue weighted by Crippen LogP contribution is 2.33. The lowest BCUT2D eigenvalue weighted by Crippen LogP contribution is -2.10. The Morgan fingerprint density at radius 3 is 2.42 bits per heavy atom. The van der Waals surface area contributed by atoms with Gasteiger partial charge in [0.2, 0.25) is 0 Å². The maximum atomic E-state index is 13.3. The molecule has 2 unspecified atom stereocenters. The Balaban J connectivity index is 2.78. The van der Waals surface area contributed by atoms with E-state index in [1.807, 2.05) is 13.8 Å². The Morgan fingerprint density at radius 1 is 1.32 bits per heavy atom. The number of hydrogen-bond donors (Lipinski definition) is 1. The molecule has 0 radical (unpaired) electrons. The van der Waals surface area contributed by atoms with Gasteiger partial charge in [0.1, 0.15) is 5.82 Å². The van der Waals surface area contributed by atoms with Gasteiger partial charge in [-0.1, -0.05) is 19.9 Å². The summed E-state index contributed by atoms with van der Waals surface area (Å²) in [5, 5.41) is 10.2. The number of alkyl halides is 3. The van der Waals surface area contributed by atoms with Crippen molar-refractivity contribution in [3.05, 3.63) is 35.1 Å². The van der Waals surface area contributed by atoms with E-state index < -0.39 is 23.7 Å². The molecule has 1 N–H and O–H groups in total. The van der Waals surface area contributed by atoms with Crippen LogP contribution in [-0.4, -0.2) is 16.1 Å². The Kier molecular flexibility index (Phi) is 5.67. The third-order valence-electron chi connectivity index (χ3n) is 2.80. The zero-order chi connectivity index (χ0) is 14.6. The van der Waals surface area contributed by atoms with E-state index in [-0.39, 0.29) is 5.56 Å². The topological polar surface area (TPSA) is 20.2 Å². The summed E-state index contributed by atoms with van der Waals surface area (Å²) in [5.41, 5.74) is -1.14. The van der Waals surface area contributed by atoms with Gasteiger partial charge in [-0.3, -0.25) is 0 Å². The summed E-state index contributed by atoms with van der Waals surface area (Å²) in [6.45, 7) is 3.99. The second-order valence-electron chi connectivity index (χ2n) is 4.31. The average Bonchev–Trinajstić information content (AvgIpc) is 2.33. The fraction of sp³-hybridized carbons (Fsp3) is 0.538. The minimum atomic E-state index is -4.71. The summed E-state index contributed by atoms with van der Waals surface area (Å²) < 4.78 is 50.5. The lowest BCUT2D eigenvalue weighted by molar-refractivity contribution is -0.140. The van der Waals surface area contributed by atoms with Crippen LogP contribution in [0.5, 0.6) is 0 Å². The molecule has 0 spiro atoms. The van der Waals surface area contributed by atoms with Gasteiger partial charge in [-0.05, 0) is 24.1 Å². The van der Waals surface area contributed by atoms with Crippen molar-refractivity contribution in [1.29, 1.82) is 0 Å². The standard InChI is InChI=1S/C13H16F4OS/c1-3-8(2)19-7-12(18)9-4-5-10(11(14)6-9)13(15,16)17/h4-6,8,12,18H,3,7H2,1-2H3. The molecule has 0 aliphatic carbocycles. The first-order valence-corrected chi connectivity index (χ1v) is 6.96. The fourth-order valence-corrected chi connectivity index (χ4v) is 2.38. The van der Waals surface area contributed by atoms with Crippen molar-refractivity contribution >= 4 is 11.8 Å². The van der Waals surface area contributed by atoms with Crippen molar-refractivity contribution in [3.8, 4) is 0 Å². The molecule has 0 heterocycles. The van der Waals surface area contributed by atoms with Crippen LogP contribution in [0, 0.1) is 5.82 Å². The predicted octanol–water partition coefficient (Wildman–Crippen LogP) is 4.41. The number of halogens is 4. The maximum Gasteiger partial charge on any atom is 0.419 e. The van der Waals surface area contributed by atoms with Crippen molar-refractivity contribution in [1.82, 2.24) is 0 Å². The van der Waals surface area contributed by atoms with Gasteiger partial charge in [-0.15, -0.1) is 0 Å². The number of rotatable bonds is 5. The predicted molar refractivity (Wildman–Crippen MR) is 68.6 cm³/mol. The highest BCUT2D eigenvalue weighted by molar-refractivity contribution is 7.99. The largest absolute Gasteiger partial charge is 0.419 e. The maximum absolute atomic E-state index is 13.3. The Bertz CT molecular complexity index is 420. The molecule has 2 atom stereocenters. The number of thioether (sulfide) groups is 1. The van der Waals surface area contributed by atoms with Gasteiger partial charge in [-0.2, -0.15) is 24.9 Å². The molecular weight excluding hydrogens is 280 g/mol. The molecule has 1 aromatic rings. The summed E-state index contributed by atoms with van der Waals surface area (Å²) in [6.07, 6.45) is -4.74. The molecule has 0 bridgehead atoms. The molecule has 19 heavy (non-hydrogen) atoms. The lowest BCUT2D eigenvalue weighted by atomic mass is 10.1. The van der Waals surface area contributed by atoms with Gasteiger partial charge in [0, 0.05) is 11.0 Å². The monoisotopic (exact) mass is 296 g/mol. The Labute approximate surface area is 114 Å². The average molecular weight is 296 g/mol. The number of benzene rings is 1. The molecular formula is C13H16F4OS. The summed E-state index contributed by atoms with van der Waals surface area (Å²) in [5.74, 6) is -1.02. The third-order valence-corrected chi connectivity index (χ3v) is 4.21. The molecule has 1 nitrogen and oxygen atoms in total. The molecule has 108 valence electrons. The molecule has 0 aromatic heterocycles. The lowest BCUT2D eigenvalue weighted by Gasteiger charge is -2.15. The number of hydrogen-bond acceptors (Lipinski definition) is 2. The van der Waals surface area contributed by atoms with E-state index in [1.165, 1.54) is 11.8 Å². The first-order chi connectivity index (χ1) is 8.75. The molecule has 0 fully saturated rings.